The molecule has 1 fully saturated rings. The number of hydrogen-bond acceptors (Lipinski definition) is 6. The lowest BCUT2D eigenvalue weighted by Gasteiger charge is -2.23. The van der Waals surface area contributed by atoms with Crippen LogP contribution < -0.4 is 19.5 Å². The molecule has 0 atom stereocenters. The molecule has 32 heavy (non-hydrogen) atoms. The molecule has 0 bridgehead atoms. The number of aryl methyl sites for hydroxylation is 1. The van der Waals surface area contributed by atoms with Gasteiger partial charge in [0.05, 0.1) is 33.6 Å². The van der Waals surface area contributed by atoms with Crippen LogP contribution in [0.1, 0.15) is 24.0 Å². The number of hydrogen-bond donors (Lipinski definition) is 1. The zero-order valence-corrected chi connectivity index (χ0v) is 19.0. The van der Waals surface area contributed by atoms with Crippen LogP contribution in [0.15, 0.2) is 66.9 Å². The molecule has 1 N–H and O–H groups in total. The molecule has 1 aliphatic rings. The molecule has 170 valence electrons. The standard InChI is InChI=1S/C19H24N2O4.C7H8/c1-22-16-4-3-14(18(11-16)23-2)12-20-19-6-5-17(13-21-19)25-15-7-9-24-10-8-15;1-7-5-3-2-4-6-7/h3-6,11,13,15H,7-10,12H2,1-2H3,(H,20,21);2-6H,1H3. The van der Waals surface area contributed by atoms with Crippen molar-refractivity contribution in [3.05, 3.63) is 78.0 Å². The molecule has 1 aliphatic heterocycles. The van der Waals surface area contributed by atoms with Crippen molar-refractivity contribution in [1.82, 2.24) is 4.98 Å². The number of nitrogens with zero attached hydrogens (tertiary/aromatic N) is 1. The molecule has 0 spiro atoms. The van der Waals surface area contributed by atoms with Crippen LogP contribution in [0.25, 0.3) is 0 Å². The number of rotatable bonds is 7. The van der Waals surface area contributed by atoms with Crippen molar-refractivity contribution < 1.29 is 18.9 Å². The van der Waals surface area contributed by atoms with Crippen molar-refractivity contribution in [3.8, 4) is 17.2 Å². The van der Waals surface area contributed by atoms with Gasteiger partial charge in [-0.05, 0) is 31.2 Å². The summed E-state index contributed by atoms with van der Waals surface area (Å²) in [5.41, 5.74) is 2.36. The Morgan fingerprint density at radius 3 is 2.28 bits per heavy atom. The topological polar surface area (TPSA) is 61.8 Å². The Kier molecular flexibility index (Phi) is 9.20. The molecule has 6 nitrogen and oxygen atoms in total. The van der Waals surface area contributed by atoms with E-state index in [1.54, 1.807) is 20.4 Å². The molecule has 6 heteroatoms. The van der Waals surface area contributed by atoms with Crippen LogP contribution in [-0.4, -0.2) is 38.5 Å². The van der Waals surface area contributed by atoms with E-state index in [1.807, 2.05) is 48.5 Å². The van der Waals surface area contributed by atoms with Crippen LogP contribution in [0.5, 0.6) is 17.2 Å². The van der Waals surface area contributed by atoms with Crippen LogP contribution in [-0.2, 0) is 11.3 Å². The van der Waals surface area contributed by atoms with Gasteiger partial charge in [0.25, 0.3) is 0 Å². The Hall–Kier alpha value is -3.25. The van der Waals surface area contributed by atoms with Gasteiger partial charge in [-0.25, -0.2) is 4.98 Å². The van der Waals surface area contributed by atoms with E-state index in [0.29, 0.717) is 6.54 Å². The number of methoxy groups -OCH3 is 2. The Bertz CT molecular complexity index is 926. The molecule has 0 radical (unpaired) electrons. The summed E-state index contributed by atoms with van der Waals surface area (Å²) >= 11 is 0. The summed E-state index contributed by atoms with van der Waals surface area (Å²) < 4.78 is 21.9. The first-order valence-electron chi connectivity index (χ1n) is 10.8. The summed E-state index contributed by atoms with van der Waals surface area (Å²) in [5, 5.41) is 3.30. The Balaban J connectivity index is 0.000000352. The smallest absolute Gasteiger partial charge is 0.138 e. The zero-order chi connectivity index (χ0) is 22.6. The lowest BCUT2D eigenvalue weighted by atomic mass is 10.1. The van der Waals surface area contributed by atoms with Crippen molar-refractivity contribution in [2.75, 3.05) is 32.8 Å². The molecule has 2 heterocycles. The summed E-state index contributed by atoms with van der Waals surface area (Å²) in [6.45, 7) is 4.23. The monoisotopic (exact) mass is 436 g/mol. The van der Waals surface area contributed by atoms with Gasteiger partial charge in [0, 0.05) is 31.0 Å². The van der Waals surface area contributed by atoms with E-state index in [-0.39, 0.29) is 6.10 Å². The fourth-order valence-corrected chi connectivity index (χ4v) is 3.26. The second-order valence-electron chi connectivity index (χ2n) is 7.49. The molecule has 3 aromatic rings. The summed E-state index contributed by atoms with van der Waals surface area (Å²) in [7, 11) is 3.29. The first-order chi connectivity index (χ1) is 15.7. The lowest BCUT2D eigenvalue weighted by molar-refractivity contribution is 0.0254. The van der Waals surface area contributed by atoms with Crippen LogP contribution in [0.2, 0.25) is 0 Å². The van der Waals surface area contributed by atoms with E-state index in [1.165, 1.54) is 5.56 Å². The maximum absolute atomic E-state index is 5.93. The number of aromatic nitrogens is 1. The van der Waals surface area contributed by atoms with Gasteiger partial charge in [-0.3, -0.25) is 0 Å². The maximum Gasteiger partial charge on any atom is 0.138 e. The Morgan fingerprint density at radius 1 is 0.938 bits per heavy atom. The van der Waals surface area contributed by atoms with Crippen LogP contribution >= 0.6 is 0 Å². The minimum atomic E-state index is 0.220. The molecule has 4 rings (SSSR count). The third kappa shape index (κ3) is 7.46. The van der Waals surface area contributed by atoms with Crippen LogP contribution in [0.3, 0.4) is 0 Å². The van der Waals surface area contributed by atoms with Gasteiger partial charge in [-0.1, -0.05) is 35.9 Å². The average molecular weight is 437 g/mol. The lowest BCUT2D eigenvalue weighted by Crippen LogP contribution is -2.25. The third-order valence-electron chi connectivity index (χ3n) is 5.10. The van der Waals surface area contributed by atoms with E-state index in [0.717, 1.165) is 54.7 Å². The highest BCUT2D eigenvalue weighted by Crippen LogP contribution is 2.25. The third-order valence-corrected chi connectivity index (χ3v) is 5.10. The van der Waals surface area contributed by atoms with E-state index >= 15 is 0 Å². The van der Waals surface area contributed by atoms with Gasteiger partial charge in [-0.2, -0.15) is 0 Å². The summed E-state index contributed by atoms with van der Waals surface area (Å²) in [6, 6.07) is 19.9. The van der Waals surface area contributed by atoms with Gasteiger partial charge in [-0.15, -0.1) is 0 Å². The molecule has 0 unspecified atom stereocenters. The Labute approximate surface area is 190 Å². The van der Waals surface area contributed by atoms with Crippen LogP contribution in [0, 0.1) is 6.92 Å². The summed E-state index contributed by atoms with van der Waals surface area (Å²) in [5.74, 6) is 3.14. The van der Waals surface area contributed by atoms with Crippen molar-refractivity contribution >= 4 is 5.82 Å². The SMILES string of the molecule is COc1ccc(CNc2ccc(OC3CCOCC3)cn2)c(OC)c1.Cc1ccccc1. The van der Waals surface area contributed by atoms with E-state index in [9.17, 15) is 0 Å². The number of pyridine rings is 1. The van der Waals surface area contributed by atoms with Gasteiger partial charge >= 0.3 is 0 Å². The fourth-order valence-electron chi connectivity index (χ4n) is 3.26. The van der Waals surface area contributed by atoms with Crippen LogP contribution in [0.4, 0.5) is 5.82 Å². The average Bonchev–Trinajstić information content (AvgIpc) is 2.85. The number of nitrogens with one attached hydrogen (secondary N) is 1. The predicted octanol–water partition coefficient (Wildman–Crippen LogP) is 5.26. The van der Waals surface area contributed by atoms with Crippen molar-refractivity contribution in [2.45, 2.75) is 32.4 Å². The summed E-state index contributed by atoms with van der Waals surface area (Å²) in [4.78, 5) is 4.42. The Morgan fingerprint density at radius 2 is 1.69 bits per heavy atom. The minimum absolute atomic E-state index is 0.220. The quantitative estimate of drug-likeness (QED) is 0.545. The van der Waals surface area contributed by atoms with Gasteiger partial charge in [0.15, 0.2) is 0 Å². The second-order valence-corrected chi connectivity index (χ2v) is 7.49. The predicted molar refractivity (Wildman–Crippen MR) is 127 cm³/mol. The highest BCUT2D eigenvalue weighted by atomic mass is 16.5. The van der Waals surface area contributed by atoms with E-state index < -0.39 is 0 Å². The summed E-state index contributed by atoms with van der Waals surface area (Å²) in [6.07, 6.45) is 3.83. The molecule has 0 saturated carbocycles. The van der Waals surface area contributed by atoms with Crippen molar-refractivity contribution in [1.29, 1.82) is 0 Å². The maximum atomic E-state index is 5.93. The highest BCUT2D eigenvalue weighted by Gasteiger charge is 2.15. The number of anilines is 1. The molecule has 2 aromatic carbocycles. The molecule has 1 aromatic heterocycles. The van der Waals surface area contributed by atoms with E-state index in [4.69, 9.17) is 18.9 Å². The molecule has 0 aliphatic carbocycles. The first-order valence-corrected chi connectivity index (χ1v) is 10.8. The number of benzene rings is 2. The normalized spacial score (nSPS) is 13.5. The van der Waals surface area contributed by atoms with Gasteiger partial charge in [0.2, 0.25) is 0 Å². The highest BCUT2D eigenvalue weighted by molar-refractivity contribution is 5.44. The van der Waals surface area contributed by atoms with Crippen molar-refractivity contribution in [2.24, 2.45) is 0 Å². The molecular weight excluding hydrogens is 404 g/mol. The molecular formula is C26H32N2O4. The molecule has 0 amide bonds. The van der Waals surface area contributed by atoms with E-state index in [2.05, 4.69) is 29.4 Å². The minimum Gasteiger partial charge on any atom is -0.497 e. The van der Waals surface area contributed by atoms with Crippen molar-refractivity contribution in [3.63, 3.8) is 0 Å². The first kappa shape index (κ1) is 23.4. The fraction of sp³-hybridized carbons (Fsp3) is 0.346. The largest absolute Gasteiger partial charge is 0.497 e. The zero-order valence-electron chi connectivity index (χ0n) is 19.0. The molecule has 1 saturated heterocycles. The van der Waals surface area contributed by atoms with Gasteiger partial charge in [0.1, 0.15) is 29.2 Å². The van der Waals surface area contributed by atoms with Gasteiger partial charge < -0.3 is 24.3 Å². The number of ether oxygens (including phenoxy) is 4. The second kappa shape index (κ2) is 12.6.